The molecule has 0 fully saturated rings. The lowest BCUT2D eigenvalue weighted by Gasteiger charge is -2.07. The zero-order valence-electron chi connectivity index (χ0n) is 9.95. The Hall–Kier alpha value is -2.61. The van der Waals surface area contributed by atoms with Gasteiger partial charge in [-0.2, -0.15) is 0 Å². The Bertz CT molecular complexity index is 640. The predicted octanol–water partition coefficient (Wildman–Crippen LogP) is 2.04. The van der Waals surface area contributed by atoms with Crippen molar-refractivity contribution >= 4 is 17.4 Å². The van der Waals surface area contributed by atoms with Gasteiger partial charge in [0.05, 0.1) is 0 Å². The first kappa shape index (κ1) is 13.8. The number of nitrogen functional groups attached to an aromatic ring is 1. The van der Waals surface area contributed by atoms with Crippen LogP contribution in [0.1, 0.15) is 10.4 Å². The minimum absolute atomic E-state index is 0.165. The van der Waals surface area contributed by atoms with Crippen molar-refractivity contribution in [1.82, 2.24) is 4.98 Å². The Morgan fingerprint density at radius 2 is 1.80 bits per heavy atom. The number of nitrogens with one attached hydrogen (secondary N) is 2. The van der Waals surface area contributed by atoms with E-state index in [0.29, 0.717) is 12.1 Å². The van der Waals surface area contributed by atoms with E-state index in [-0.39, 0.29) is 17.1 Å². The van der Waals surface area contributed by atoms with Crippen LogP contribution in [0.5, 0.6) is 0 Å². The molecule has 5 nitrogen and oxygen atoms in total. The predicted molar refractivity (Wildman–Crippen MR) is 66.3 cm³/mol. The third-order valence-corrected chi connectivity index (χ3v) is 2.41. The molecule has 4 N–H and O–H groups in total. The number of nitrogens with two attached hydrogens (primary N) is 1. The molecule has 1 heterocycles. The first-order chi connectivity index (χ1) is 9.51. The molecule has 0 bridgehead atoms. The van der Waals surface area contributed by atoms with Gasteiger partial charge in [0.1, 0.15) is 5.82 Å². The van der Waals surface area contributed by atoms with E-state index >= 15 is 0 Å². The van der Waals surface area contributed by atoms with E-state index in [9.17, 15) is 18.0 Å². The Balaban J connectivity index is 2.23. The second-order valence-electron chi connectivity index (χ2n) is 3.78. The average Bonchev–Trinajstić information content (AvgIpc) is 2.44. The highest BCUT2D eigenvalue weighted by Crippen LogP contribution is 2.18. The number of anilines is 2. The van der Waals surface area contributed by atoms with Crippen LogP contribution in [0.4, 0.5) is 24.7 Å². The maximum absolute atomic E-state index is 13.0. The summed E-state index contributed by atoms with van der Waals surface area (Å²) in [6.07, 6.45) is 1.33. The smallest absolute Gasteiger partial charge is 0.255 e. The quantitative estimate of drug-likeness (QED) is 0.457. The lowest BCUT2D eigenvalue weighted by Crippen LogP contribution is -2.14. The molecule has 2 aromatic rings. The lowest BCUT2D eigenvalue weighted by atomic mass is 10.2. The van der Waals surface area contributed by atoms with E-state index in [4.69, 9.17) is 5.84 Å². The van der Waals surface area contributed by atoms with Crippen molar-refractivity contribution in [3.63, 3.8) is 0 Å². The number of pyridine rings is 1. The molecule has 0 spiro atoms. The van der Waals surface area contributed by atoms with E-state index in [2.05, 4.69) is 15.7 Å². The van der Waals surface area contributed by atoms with Crippen LogP contribution in [-0.2, 0) is 0 Å². The summed E-state index contributed by atoms with van der Waals surface area (Å²) in [6.45, 7) is 0. The molecule has 2 rings (SSSR count). The van der Waals surface area contributed by atoms with Crippen LogP contribution in [0.2, 0.25) is 0 Å². The summed E-state index contributed by atoms with van der Waals surface area (Å²) in [5.41, 5.74) is 2.21. The van der Waals surface area contributed by atoms with E-state index in [1.165, 1.54) is 18.3 Å². The number of carbonyl (C=O) groups excluding carboxylic acids is 1. The highest BCUT2D eigenvalue weighted by Gasteiger charge is 2.13. The number of carbonyl (C=O) groups is 1. The van der Waals surface area contributed by atoms with E-state index in [1.54, 1.807) is 0 Å². The highest BCUT2D eigenvalue weighted by atomic mass is 19.2. The third-order valence-electron chi connectivity index (χ3n) is 2.41. The molecule has 104 valence electrons. The van der Waals surface area contributed by atoms with Crippen LogP contribution < -0.4 is 16.6 Å². The van der Waals surface area contributed by atoms with Crippen LogP contribution in [0.25, 0.3) is 0 Å². The monoisotopic (exact) mass is 282 g/mol. The number of amides is 1. The molecule has 1 aromatic heterocycles. The Morgan fingerprint density at radius 3 is 2.40 bits per heavy atom. The van der Waals surface area contributed by atoms with Gasteiger partial charge in [-0.15, -0.1) is 0 Å². The van der Waals surface area contributed by atoms with Crippen molar-refractivity contribution in [2.75, 3.05) is 10.7 Å². The molecule has 20 heavy (non-hydrogen) atoms. The number of aromatic nitrogens is 1. The first-order valence-corrected chi connectivity index (χ1v) is 5.40. The van der Waals surface area contributed by atoms with Crippen LogP contribution in [-0.4, -0.2) is 10.9 Å². The molecule has 0 unspecified atom stereocenters. The van der Waals surface area contributed by atoms with Crippen LogP contribution in [0, 0.1) is 17.5 Å². The van der Waals surface area contributed by atoms with E-state index in [1.807, 2.05) is 0 Å². The van der Waals surface area contributed by atoms with Crippen LogP contribution in [0.15, 0.2) is 30.5 Å². The molecule has 0 atom stereocenters. The van der Waals surface area contributed by atoms with Crippen molar-refractivity contribution in [3.8, 4) is 0 Å². The summed E-state index contributed by atoms with van der Waals surface area (Å²) in [5.74, 6) is 0.368. The summed E-state index contributed by atoms with van der Waals surface area (Å²) in [7, 11) is 0. The van der Waals surface area contributed by atoms with E-state index in [0.717, 1.165) is 0 Å². The number of hydrogen-bond donors (Lipinski definition) is 3. The molecule has 8 heteroatoms. The Kier molecular flexibility index (Phi) is 3.85. The average molecular weight is 282 g/mol. The topological polar surface area (TPSA) is 80.0 Å². The molecule has 0 saturated carbocycles. The molecule has 0 aliphatic carbocycles. The minimum Gasteiger partial charge on any atom is -0.322 e. The van der Waals surface area contributed by atoms with Gasteiger partial charge in [-0.3, -0.25) is 4.79 Å². The van der Waals surface area contributed by atoms with Gasteiger partial charge in [0.15, 0.2) is 17.5 Å². The Labute approximate surface area is 111 Å². The number of hydrazine groups is 1. The normalized spacial score (nSPS) is 10.2. The second-order valence-corrected chi connectivity index (χ2v) is 3.78. The molecule has 0 aliphatic rings. The fourth-order valence-corrected chi connectivity index (χ4v) is 1.48. The molecule has 0 saturated heterocycles. The summed E-state index contributed by atoms with van der Waals surface area (Å²) in [4.78, 5) is 15.6. The zero-order valence-corrected chi connectivity index (χ0v) is 9.95. The summed E-state index contributed by atoms with van der Waals surface area (Å²) >= 11 is 0. The van der Waals surface area contributed by atoms with Crippen molar-refractivity contribution < 1.29 is 18.0 Å². The number of benzene rings is 1. The maximum atomic E-state index is 13.0. The largest absolute Gasteiger partial charge is 0.322 e. The van der Waals surface area contributed by atoms with Gasteiger partial charge in [0, 0.05) is 29.6 Å². The standard InChI is InChI=1S/C12H9F3N4O/c13-8-4-7(5-9(14)11(8)15)18-12(20)6-1-2-17-10(3-6)19-16/h1-5H,16H2,(H,17,19)(H,18,20). The third kappa shape index (κ3) is 2.86. The molecule has 0 aliphatic heterocycles. The van der Waals surface area contributed by atoms with E-state index < -0.39 is 23.4 Å². The fourth-order valence-electron chi connectivity index (χ4n) is 1.48. The number of halogens is 3. The number of hydrogen-bond acceptors (Lipinski definition) is 4. The first-order valence-electron chi connectivity index (χ1n) is 5.40. The molecular weight excluding hydrogens is 273 g/mol. The molecule has 1 amide bonds. The number of rotatable bonds is 3. The van der Waals surface area contributed by atoms with Crippen LogP contribution in [0.3, 0.4) is 0 Å². The number of nitrogens with zero attached hydrogens (tertiary/aromatic N) is 1. The lowest BCUT2D eigenvalue weighted by molar-refractivity contribution is 0.102. The summed E-state index contributed by atoms with van der Waals surface area (Å²) in [5, 5.41) is 2.24. The molecular formula is C12H9F3N4O. The van der Waals surface area contributed by atoms with Gasteiger partial charge in [0.2, 0.25) is 0 Å². The van der Waals surface area contributed by atoms with Gasteiger partial charge in [0.25, 0.3) is 5.91 Å². The Morgan fingerprint density at radius 1 is 1.15 bits per heavy atom. The summed E-state index contributed by atoms with van der Waals surface area (Å²) in [6, 6.07) is 4.08. The van der Waals surface area contributed by atoms with Gasteiger partial charge in [-0.05, 0) is 12.1 Å². The second kappa shape index (κ2) is 5.57. The van der Waals surface area contributed by atoms with Gasteiger partial charge in [-0.25, -0.2) is 24.0 Å². The minimum atomic E-state index is -1.60. The molecule has 0 radical (unpaired) electrons. The molecule has 1 aromatic carbocycles. The van der Waals surface area contributed by atoms with Gasteiger partial charge >= 0.3 is 0 Å². The van der Waals surface area contributed by atoms with Crippen molar-refractivity contribution in [2.24, 2.45) is 5.84 Å². The summed E-state index contributed by atoms with van der Waals surface area (Å²) < 4.78 is 38.8. The van der Waals surface area contributed by atoms with Crippen LogP contribution >= 0.6 is 0 Å². The van der Waals surface area contributed by atoms with Crippen molar-refractivity contribution in [1.29, 1.82) is 0 Å². The van der Waals surface area contributed by atoms with Crippen molar-refractivity contribution in [3.05, 3.63) is 53.5 Å². The highest BCUT2D eigenvalue weighted by molar-refractivity contribution is 6.04. The van der Waals surface area contributed by atoms with Crippen molar-refractivity contribution in [2.45, 2.75) is 0 Å². The SMILES string of the molecule is NNc1cc(C(=O)Nc2cc(F)c(F)c(F)c2)ccn1. The zero-order chi connectivity index (χ0) is 14.7. The van der Waals surface area contributed by atoms with Gasteiger partial charge in [-0.1, -0.05) is 0 Å². The van der Waals surface area contributed by atoms with Gasteiger partial charge < -0.3 is 10.7 Å². The fraction of sp³-hybridized carbons (Fsp3) is 0. The maximum Gasteiger partial charge on any atom is 0.255 e.